The van der Waals surface area contributed by atoms with Gasteiger partial charge in [0.2, 0.25) is 5.89 Å². The lowest BCUT2D eigenvalue weighted by Crippen LogP contribution is -2.16. The standard InChI is InChI=1S/C20H22N4O/c1-13(20-21-12-18(25-20)15-8-4-3-5-9-15)22-19-16-10-6-7-11-17(16)23-14(2)24-19/h3-5,8-9,12-13H,6-7,10-11H2,1-2H3,(H,22,23,24). The van der Waals surface area contributed by atoms with E-state index in [1.807, 2.05) is 44.2 Å². The molecule has 128 valence electrons. The molecule has 3 aromatic rings. The highest BCUT2D eigenvalue weighted by Crippen LogP contribution is 2.29. The van der Waals surface area contributed by atoms with Crippen LogP contribution in [0, 0.1) is 6.92 Å². The molecule has 0 amide bonds. The van der Waals surface area contributed by atoms with E-state index in [1.54, 1.807) is 6.20 Å². The van der Waals surface area contributed by atoms with Crippen molar-refractivity contribution in [3.63, 3.8) is 0 Å². The van der Waals surface area contributed by atoms with Gasteiger partial charge < -0.3 is 9.73 Å². The lowest BCUT2D eigenvalue weighted by molar-refractivity contribution is 0.484. The van der Waals surface area contributed by atoms with Crippen LogP contribution in [0.5, 0.6) is 0 Å². The molecule has 2 heterocycles. The zero-order valence-electron chi connectivity index (χ0n) is 14.6. The summed E-state index contributed by atoms with van der Waals surface area (Å²) in [5.74, 6) is 3.19. The molecular weight excluding hydrogens is 312 g/mol. The van der Waals surface area contributed by atoms with E-state index in [1.165, 1.54) is 24.1 Å². The Morgan fingerprint density at radius 1 is 1.08 bits per heavy atom. The Hall–Kier alpha value is -2.69. The summed E-state index contributed by atoms with van der Waals surface area (Å²) in [5.41, 5.74) is 3.47. The fraction of sp³-hybridized carbons (Fsp3) is 0.350. The van der Waals surface area contributed by atoms with Crippen molar-refractivity contribution in [2.75, 3.05) is 5.32 Å². The maximum Gasteiger partial charge on any atom is 0.217 e. The quantitative estimate of drug-likeness (QED) is 0.761. The fourth-order valence-electron chi connectivity index (χ4n) is 3.33. The van der Waals surface area contributed by atoms with Crippen LogP contribution in [0.4, 0.5) is 5.82 Å². The minimum absolute atomic E-state index is 0.0576. The number of nitrogens with one attached hydrogen (secondary N) is 1. The van der Waals surface area contributed by atoms with Gasteiger partial charge in [-0.25, -0.2) is 15.0 Å². The van der Waals surface area contributed by atoms with Crippen molar-refractivity contribution in [3.8, 4) is 11.3 Å². The van der Waals surface area contributed by atoms with E-state index in [-0.39, 0.29) is 6.04 Å². The normalized spacial score (nSPS) is 14.8. The Morgan fingerprint density at radius 3 is 2.72 bits per heavy atom. The van der Waals surface area contributed by atoms with E-state index in [9.17, 15) is 0 Å². The molecule has 1 aliphatic carbocycles. The van der Waals surface area contributed by atoms with E-state index >= 15 is 0 Å². The van der Waals surface area contributed by atoms with Gasteiger partial charge in [-0.1, -0.05) is 30.3 Å². The van der Waals surface area contributed by atoms with Crippen molar-refractivity contribution in [1.82, 2.24) is 15.0 Å². The van der Waals surface area contributed by atoms with Gasteiger partial charge in [0.15, 0.2) is 5.76 Å². The first-order valence-electron chi connectivity index (χ1n) is 8.85. The highest BCUT2D eigenvalue weighted by molar-refractivity contribution is 5.56. The average molecular weight is 334 g/mol. The number of rotatable bonds is 4. The summed E-state index contributed by atoms with van der Waals surface area (Å²) in [6.07, 6.45) is 6.26. The van der Waals surface area contributed by atoms with Gasteiger partial charge >= 0.3 is 0 Å². The third-order valence-electron chi connectivity index (χ3n) is 4.60. The molecule has 1 aromatic carbocycles. The Balaban J connectivity index is 1.58. The van der Waals surface area contributed by atoms with E-state index < -0.39 is 0 Å². The maximum atomic E-state index is 5.96. The van der Waals surface area contributed by atoms with Crippen molar-refractivity contribution in [2.24, 2.45) is 0 Å². The van der Waals surface area contributed by atoms with Crippen LogP contribution in [-0.2, 0) is 12.8 Å². The van der Waals surface area contributed by atoms with Crippen molar-refractivity contribution in [2.45, 2.75) is 45.6 Å². The predicted molar refractivity (Wildman–Crippen MR) is 97.4 cm³/mol. The zero-order chi connectivity index (χ0) is 17.2. The molecule has 0 spiro atoms. The predicted octanol–water partition coefficient (Wildman–Crippen LogP) is 4.49. The monoisotopic (exact) mass is 334 g/mol. The topological polar surface area (TPSA) is 63.8 Å². The highest BCUT2D eigenvalue weighted by Gasteiger charge is 2.20. The molecule has 5 heteroatoms. The molecule has 5 nitrogen and oxygen atoms in total. The van der Waals surface area contributed by atoms with Crippen LogP contribution in [0.25, 0.3) is 11.3 Å². The number of hydrogen-bond acceptors (Lipinski definition) is 5. The van der Waals surface area contributed by atoms with Crippen LogP contribution in [0.2, 0.25) is 0 Å². The molecule has 2 aromatic heterocycles. The van der Waals surface area contributed by atoms with Gasteiger partial charge in [-0.05, 0) is 39.5 Å². The van der Waals surface area contributed by atoms with Gasteiger partial charge in [-0.15, -0.1) is 0 Å². The Labute approximate surface area is 147 Å². The highest BCUT2D eigenvalue weighted by atomic mass is 16.4. The maximum absolute atomic E-state index is 5.96. The molecule has 1 aliphatic rings. The fourth-order valence-corrected chi connectivity index (χ4v) is 3.33. The summed E-state index contributed by atoms with van der Waals surface area (Å²) in [6, 6.07) is 9.97. The number of aromatic nitrogens is 3. The number of oxazole rings is 1. The third-order valence-corrected chi connectivity index (χ3v) is 4.60. The van der Waals surface area contributed by atoms with E-state index in [4.69, 9.17) is 4.42 Å². The first-order valence-corrected chi connectivity index (χ1v) is 8.85. The van der Waals surface area contributed by atoms with Crippen molar-refractivity contribution < 1.29 is 4.42 Å². The van der Waals surface area contributed by atoms with Crippen LogP contribution >= 0.6 is 0 Å². The first kappa shape index (κ1) is 15.8. The van der Waals surface area contributed by atoms with Crippen LogP contribution in [-0.4, -0.2) is 15.0 Å². The number of nitrogens with zero attached hydrogens (tertiary/aromatic N) is 3. The molecule has 0 fully saturated rings. The van der Waals surface area contributed by atoms with Crippen molar-refractivity contribution in [3.05, 3.63) is 59.5 Å². The summed E-state index contributed by atoms with van der Waals surface area (Å²) in [6.45, 7) is 4.00. The second kappa shape index (κ2) is 6.67. The molecule has 1 atom stereocenters. The Bertz CT molecular complexity index is 873. The van der Waals surface area contributed by atoms with E-state index in [0.717, 1.165) is 35.8 Å². The molecule has 0 saturated heterocycles. The minimum Gasteiger partial charge on any atom is -0.438 e. The van der Waals surface area contributed by atoms with Gasteiger partial charge in [-0.2, -0.15) is 0 Å². The van der Waals surface area contributed by atoms with Crippen LogP contribution in [0.1, 0.15) is 48.8 Å². The summed E-state index contributed by atoms with van der Waals surface area (Å²) in [4.78, 5) is 13.7. The van der Waals surface area contributed by atoms with Crippen LogP contribution in [0.3, 0.4) is 0 Å². The number of fused-ring (bicyclic) bond motifs is 1. The van der Waals surface area contributed by atoms with Gasteiger partial charge in [0.25, 0.3) is 0 Å². The summed E-state index contributed by atoms with van der Waals surface area (Å²) < 4.78 is 5.96. The van der Waals surface area contributed by atoms with Gasteiger partial charge in [0, 0.05) is 16.8 Å². The number of benzene rings is 1. The number of anilines is 1. The molecule has 1 N–H and O–H groups in total. The number of aryl methyl sites for hydroxylation is 2. The SMILES string of the molecule is Cc1nc2c(c(NC(C)c3ncc(-c4ccccc4)o3)n1)CCCC2. The van der Waals surface area contributed by atoms with Crippen molar-refractivity contribution >= 4 is 5.82 Å². The van der Waals surface area contributed by atoms with Crippen LogP contribution < -0.4 is 5.32 Å². The Kier molecular flexibility index (Phi) is 4.22. The molecule has 25 heavy (non-hydrogen) atoms. The van der Waals surface area contributed by atoms with E-state index in [2.05, 4.69) is 20.3 Å². The Morgan fingerprint density at radius 2 is 1.88 bits per heavy atom. The summed E-state index contributed by atoms with van der Waals surface area (Å²) in [7, 11) is 0. The van der Waals surface area contributed by atoms with Gasteiger partial charge in [0.05, 0.1) is 6.20 Å². The molecule has 0 bridgehead atoms. The molecule has 0 aliphatic heterocycles. The van der Waals surface area contributed by atoms with E-state index in [0.29, 0.717) is 5.89 Å². The lowest BCUT2D eigenvalue weighted by Gasteiger charge is -2.21. The molecule has 1 unspecified atom stereocenters. The second-order valence-corrected chi connectivity index (χ2v) is 6.55. The van der Waals surface area contributed by atoms with Crippen molar-refractivity contribution in [1.29, 1.82) is 0 Å². The average Bonchev–Trinajstić information content (AvgIpc) is 3.12. The molecular formula is C20H22N4O. The number of hydrogen-bond donors (Lipinski definition) is 1. The minimum atomic E-state index is -0.0576. The molecule has 4 rings (SSSR count). The second-order valence-electron chi connectivity index (χ2n) is 6.55. The lowest BCUT2D eigenvalue weighted by atomic mass is 9.96. The smallest absolute Gasteiger partial charge is 0.217 e. The van der Waals surface area contributed by atoms with Gasteiger partial charge in [-0.3, -0.25) is 0 Å². The largest absolute Gasteiger partial charge is 0.438 e. The summed E-state index contributed by atoms with van der Waals surface area (Å²) in [5, 5.41) is 3.48. The first-order chi connectivity index (χ1) is 12.2. The van der Waals surface area contributed by atoms with Gasteiger partial charge in [0.1, 0.15) is 17.7 Å². The van der Waals surface area contributed by atoms with Crippen LogP contribution in [0.15, 0.2) is 40.9 Å². The molecule has 0 saturated carbocycles. The summed E-state index contributed by atoms with van der Waals surface area (Å²) >= 11 is 0. The third kappa shape index (κ3) is 3.27. The zero-order valence-corrected chi connectivity index (χ0v) is 14.6. The molecule has 0 radical (unpaired) electrons.